The zero-order valence-electron chi connectivity index (χ0n) is 14.2. The van der Waals surface area contributed by atoms with Crippen molar-refractivity contribution in [1.29, 1.82) is 0 Å². The molecule has 2 aromatic carbocycles. The third-order valence-corrected chi connectivity index (χ3v) is 4.49. The molecule has 0 saturated carbocycles. The molecule has 0 bridgehead atoms. The van der Waals surface area contributed by atoms with Crippen molar-refractivity contribution in [2.45, 2.75) is 19.9 Å². The zero-order chi connectivity index (χ0) is 18.3. The van der Waals surface area contributed by atoms with E-state index in [4.69, 9.17) is 4.42 Å². The summed E-state index contributed by atoms with van der Waals surface area (Å²) < 4.78 is 7.70. The molecule has 0 atom stereocenters. The van der Waals surface area contributed by atoms with Gasteiger partial charge in [0.2, 0.25) is 5.43 Å². The highest BCUT2D eigenvalue weighted by molar-refractivity contribution is 5.94. The fraction of sp³-hybridized carbons (Fsp3) is 0.143. The molecular weight excluding hydrogens is 330 g/mol. The van der Waals surface area contributed by atoms with Gasteiger partial charge in [-0.15, -0.1) is 0 Å². The Labute approximate surface area is 149 Å². The Kier molecular flexibility index (Phi) is 3.84. The number of aryl methyl sites for hydroxylation is 1. The van der Waals surface area contributed by atoms with Crippen LogP contribution >= 0.6 is 0 Å². The predicted octanol–water partition coefficient (Wildman–Crippen LogP) is 4.52. The molecular formula is C21H17NO4. The van der Waals surface area contributed by atoms with Crippen LogP contribution in [0.25, 0.3) is 33.2 Å². The van der Waals surface area contributed by atoms with Gasteiger partial charge in [0.05, 0.1) is 5.52 Å². The first-order valence-electron chi connectivity index (χ1n) is 8.48. The number of benzene rings is 2. The van der Waals surface area contributed by atoms with E-state index in [9.17, 15) is 14.7 Å². The molecule has 0 amide bonds. The SMILES string of the molecule is CCCn1cc(C(=O)O)c(=O)c2cc(-c3cc4ccccc4o3)ccc21. The minimum atomic E-state index is -1.21. The third kappa shape index (κ3) is 2.58. The largest absolute Gasteiger partial charge is 0.477 e. The van der Waals surface area contributed by atoms with Gasteiger partial charge in [0.1, 0.15) is 16.9 Å². The lowest BCUT2D eigenvalue weighted by atomic mass is 10.1. The second-order valence-corrected chi connectivity index (χ2v) is 6.25. The van der Waals surface area contributed by atoms with Crippen LogP contribution in [0.2, 0.25) is 0 Å². The Morgan fingerprint density at radius 3 is 2.69 bits per heavy atom. The molecule has 1 N–H and O–H groups in total. The van der Waals surface area contributed by atoms with Crippen LogP contribution in [0.4, 0.5) is 0 Å². The molecule has 0 aliphatic carbocycles. The van der Waals surface area contributed by atoms with Crippen molar-refractivity contribution >= 4 is 27.8 Å². The van der Waals surface area contributed by atoms with Crippen molar-refractivity contribution in [2.75, 3.05) is 0 Å². The molecule has 0 fully saturated rings. The summed E-state index contributed by atoms with van der Waals surface area (Å²) in [6, 6.07) is 15.1. The van der Waals surface area contributed by atoms with Gasteiger partial charge in [-0.3, -0.25) is 4.79 Å². The van der Waals surface area contributed by atoms with Crippen molar-refractivity contribution in [3.8, 4) is 11.3 Å². The van der Waals surface area contributed by atoms with E-state index in [0.717, 1.165) is 28.5 Å². The van der Waals surface area contributed by atoms with E-state index in [-0.39, 0.29) is 5.56 Å². The van der Waals surface area contributed by atoms with Gasteiger partial charge in [-0.25, -0.2) is 4.79 Å². The van der Waals surface area contributed by atoms with Gasteiger partial charge >= 0.3 is 5.97 Å². The lowest BCUT2D eigenvalue weighted by molar-refractivity contribution is 0.0695. The molecule has 0 unspecified atom stereocenters. The van der Waals surface area contributed by atoms with E-state index in [1.54, 1.807) is 6.07 Å². The van der Waals surface area contributed by atoms with Gasteiger partial charge in [0, 0.05) is 29.1 Å². The number of para-hydroxylation sites is 1. The smallest absolute Gasteiger partial charge is 0.341 e. The summed E-state index contributed by atoms with van der Waals surface area (Å²) >= 11 is 0. The number of furan rings is 1. The molecule has 0 radical (unpaired) electrons. The molecule has 4 rings (SSSR count). The number of carboxylic acids is 1. The van der Waals surface area contributed by atoms with Crippen LogP contribution in [0, 0.1) is 0 Å². The molecule has 5 nitrogen and oxygen atoms in total. The Morgan fingerprint density at radius 2 is 1.96 bits per heavy atom. The van der Waals surface area contributed by atoms with Crippen molar-refractivity contribution in [3.05, 3.63) is 70.5 Å². The fourth-order valence-corrected chi connectivity index (χ4v) is 3.25. The Morgan fingerprint density at radius 1 is 1.15 bits per heavy atom. The van der Waals surface area contributed by atoms with Gasteiger partial charge in [0.25, 0.3) is 0 Å². The summed E-state index contributed by atoms with van der Waals surface area (Å²) in [6.07, 6.45) is 2.26. The molecule has 0 saturated heterocycles. The van der Waals surface area contributed by atoms with Crippen molar-refractivity contribution < 1.29 is 14.3 Å². The highest BCUT2D eigenvalue weighted by Gasteiger charge is 2.16. The number of hydrogen-bond donors (Lipinski definition) is 1. The molecule has 26 heavy (non-hydrogen) atoms. The number of aromatic nitrogens is 1. The standard InChI is InChI=1S/C21H17NO4/c1-2-9-22-12-16(21(24)25)20(23)15-10-14(7-8-17(15)22)19-11-13-5-3-4-6-18(13)26-19/h3-8,10-12H,2,9H2,1H3,(H,24,25). The normalized spacial score (nSPS) is 11.3. The Balaban J connectivity index is 1.97. The van der Waals surface area contributed by atoms with Crippen LogP contribution < -0.4 is 5.43 Å². The second-order valence-electron chi connectivity index (χ2n) is 6.25. The van der Waals surface area contributed by atoms with Crippen LogP contribution in [0.15, 0.2) is 63.9 Å². The first kappa shape index (κ1) is 16.1. The lowest BCUT2D eigenvalue weighted by Crippen LogP contribution is -2.19. The minimum absolute atomic E-state index is 0.215. The van der Waals surface area contributed by atoms with Gasteiger partial charge in [-0.2, -0.15) is 0 Å². The first-order chi connectivity index (χ1) is 12.6. The van der Waals surface area contributed by atoms with E-state index in [2.05, 4.69) is 0 Å². The molecule has 0 aliphatic heterocycles. The highest BCUT2D eigenvalue weighted by Crippen LogP contribution is 2.29. The topological polar surface area (TPSA) is 72.4 Å². The molecule has 2 aromatic heterocycles. The monoisotopic (exact) mass is 347 g/mol. The quantitative estimate of drug-likeness (QED) is 0.589. The van der Waals surface area contributed by atoms with Crippen LogP contribution in [0.5, 0.6) is 0 Å². The summed E-state index contributed by atoms with van der Waals surface area (Å²) in [5, 5.41) is 10.7. The van der Waals surface area contributed by atoms with Gasteiger partial charge in [0.15, 0.2) is 0 Å². The number of carbonyl (C=O) groups is 1. The van der Waals surface area contributed by atoms with Crippen LogP contribution in [-0.4, -0.2) is 15.6 Å². The zero-order valence-corrected chi connectivity index (χ0v) is 14.2. The highest BCUT2D eigenvalue weighted by atomic mass is 16.4. The van der Waals surface area contributed by atoms with Crippen molar-refractivity contribution in [2.24, 2.45) is 0 Å². The number of hydrogen-bond acceptors (Lipinski definition) is 3. The van der Waals surface area contributed by atoms with E-state index in [0.29, 0.717) is 17.7 Å². The summed E-state index contributed by atoms with van der Waals surface area (Å²) in [6.45, 7) is 2.65. The van der Waals surface area contributed by atoms with E-state index < -0.39 is 11.4 Å². The molecule has 5 heteroatoms. The third-order valence-electron chi connectivity index (χ3n) is 4.49. The molecule has 2 heterocycles. The van der Waals surface area contributed by atoms with E-state index in [1.807, 2.05) is 54.0 Å². The van der Waals surface area contributed by atoms with Gasteiger partial charge < -0.3 is 14.1 Å². The van der Waals surface area contributed by atoms with Gasteiger partial charge in [-0.05, 0) is 36.8 Å². The van der Waals surface area contributed by atoms with Crippen LogP contribution in [0.3, 0.4) is 0 Å². The summed E-state index contributed by atoms with van der Waals surface area (Å²) in [7, 11) is 0. The minimum Gasteiger partial charge on any atom is -0.477 e. The molecule has 4 aromatic rings. The number of carboxylic acid groups (broad SMARTS) is 1. The van der Waals surface area contributed by atoms with Crippen LogP contribution in [0.1, 0.15) is 23.7 Å². The van der Waals surface area contributed by atoms with E-state index >= 15 is 0 Å². The van der Waals surface area contributed by atoms with Crippen molar-refractivity contribution in [3.63, 3.8) is 0 Å². The summed E-state index contributed by atoms with van der Waals surface area (Å²) in [4.78, 5) is 24.1. The van der Waals surface area contributed by atoms with E-state index in [1.165, 1.54) is 6.20 Å². The second kappa shape index (κ2) is 6.19. The number of aromatic carboxylic acids is 1. The molecule has 0 spiro atoms. The predicted molar refractivity (Wildman–Crippen MR) is 101 cm³/mol. The number of rotatable bonds is 4. The number of pyridine rings is 1. The maximum absolute atomic E-state index is 12.7. The maximum Gasteiger partial charge on any atom is 0.341 e. The average Bonchev–Trinajstić information content (AvgIpc) is 3.08. The molecule has 130 valence electrons. The summed E-state index contributed by atoms with van der Waals surface area (Å²) in [5.41, 5.74) is 1.55. The summed E-state index contributed by atoms with van der Waals surface area (Å²) in [5.74, 6) is -0.564. The van der Waals surface area contributed by atoms with Crippen molar-refractivity contribution in [1.82, 2.24) is 4.57 Å². The van der Waals surface area contributed by atoms with Gasteiger partial charge in [-0.1, -0.05) is 25.1 Å². The average molecular weight is 347 g/mol. The first-order valence-corrected chi connectivity index (χ1v) is 8.48. The number of nitrogens with zero attached hydrogens (tertiary/aromatic N) is 1. The maximum atomic E-state index is 12.7. The molecule has 0 aliphatic rings. The fourth-order valence-electron chi connectivity index (χ4n) is 3.25. The lowest BCUT2D eigenvalue weighted by Gasteiger charge is -2.12. The Hall–Kier alpha value is -3.34. The van der Waals surface area contributed by atoms with Crippen LogP contribution in [-0.2, 0) is 6.54 Å². The number of fused-ring (bicyclic) bond motifs is 2. The Bertz CT molecular complexity index is 1170.